The highest BCUT2D eigenvalue weighted by Crippen LogP contribution is 2.27. The van der Waals surface area contributed by atoms with Gasteiger partial charge in [-0.25, -0.2) is 0 Å². The predicted octanol–water partition coefficient (Wildman–Crippen LogP) is 2.90. The van der Waals surface area contributed by atoms with Crippen LogP contribution in [0.2, 0.25) is 0 Å². The summed E-state index contributed by atoms with van der Waals surface area (Å²) in [5, 5.41) is 0. The average Bonchev–Trinajstić information content (AvgIpc) is 2.35. The highest BCUT2D eigenvalue weighted by atomic mass is 16.5. The van der Waals surface area contributed by atoms with Crippen LogP contribution in [0, 0.1) is 5.92 Å². The Bertz CT molecular complexity index is 405. The first-order chi connectivity index (χ1) is 8.61. The number of anilines is 1. The van der Waals surface area contributed by atoms with Crippen molar-refractivity contribution in [3.05, 3.63) is 23.8 Å². The van der Waals surface area contributed by atoms with E-state index in [-0.39, 0.29) is 0 Å². The number of ether oxygens (including phenoxy) is 1. The molecule has 0 aliphatic carbocycles. The van der Waals surface area contributed by atoms with Gasteiger partial charge in [0.2, 0.25) is 0 Å². The first-order valence-electron chi connectivity index (χ1n) is 6.78. The molecule has 100 valence electrons. The Balaban J connectivity index is 2.06. The summed E-state index contributed by atoms with van der Waals surface area (Å²) in [6.07, 6.45) is 2.65. The van der Waals surface area contributed by atoms with Gasteiger partial charge in [0.05, 0.1) is 12.8 Å². The molecule has 1 heterocycles. The Kier molecular flexibility index (Phi) is 4.12. The van der Waals surface area contributed by atoms with Crippen LogP contribution in [0.3, 0.4) is 0 Å². The Labute approximate surface area is 110 Å². The van der Waals surface area contributed by atoms with Crippen LogP contribution in [0.4, 0.5) is 5.69 Å². The predicted molar refractivity (Wildman–Crippen MR) is 75.7 cm³/mol. The minimum absolute atomic E-state index is 0.655. The van der Waals surface area contributed by atoms with Crippen LogP contribution in [-0.2, 0) is 6.54 Å². The molecule has 2 N–H and O–H groups in total. The van der Waals surface area contributed by atoms with Crippen LogP contribution < -0.4 is 10.5 Å². The second-order valence-electron chi connectivity index (χ2n) is 5.41. The molecule has 3 heteroatoms. The van der Waals surface area contributed by atoms with Gasteiger partial charge in [-0.1, -0.05) is 13.0 Å². The minimum atomic E-state index is 0.655. The Morgan fingerprint density at radius 1 is 1.39 bits per heavy atom. The number of methoxy groups -OCH3 is 1. The summed E-state index contributed by atoms with van der Waals surface area (Å²) in [6, 6.07) is 6.76. The van der Waals surface area contributed by atoms with E-state index >= 15 is 0 Å². The quantitative estimate of drug-likeness (QED) is 0.836. The van der Waals surface area contributed by atoms with Gasteiger partial charge in [-0.05, 0) is 49.9 Å². The van der Waals surface area contributed by atoms with Crippen molar-refractivity contribution >= 4 is 5.69 Å². The molecule has 2 atom stereocenters. The molecule has 1 aliphatic rings. The van der Waals surface area contributed by atoms with Crippen LogP contribution in [0.25, 0.3) is 0 Å². The maximum atomic E-state index is 5.96. The summed E-state index contributed by atoms with van der Waals surface area (Å²) in [6.45, 7) is 6.85. The van der Waals surface area contributed by atoms with Gasteiger partial charge in [0, 0.05) is 12.6 Å². The minimum Gasteiger partial charge on any atom is -0.495 e. The zero-order valence-corrected chi connectivity index (χ0v) is 11.6. The second kappa shape index (κ2) is 5.61. The average molecular weight is 248 g/mol. The van der Waals surface area contributed by atoms with Crippen molar-refractivity contribution in [3.63, 3.8) is 0 Å². The van der Waals surface area contributed by atoms with Gasteiger partial charge in [-0.2, -0.15) is 0 Å². The van der Waals surface area contributed by atoms with Crippen LogP contribution in [0.5, 0.6) is 5.75 Å². The van der Waals surface area contributed by atoms with Crippen LogP contribution in [-0.4, -0.2) is 24.6 Å². The van der Waals surface area contributed by atoms with E-state index in [0.29, 0.717) is 6.04 Å². The fourth-order valence-corrected chi connectivity index (χ4v) is 2.76. The maximum Gasteiger partial charge on any atom is 0.141 e. The molecule has 0 saturated carbocycles. The molecular weight excluding hydrogens is 224 g/mol. The molecule has 0 spiro atoms. The Morgan fingerprint density at radius 3 is 2.83 bits per heavy atom. The maximum absolute atomic E-state index is 5.96. The zero-order valence-electron chi connectivity index (χ0n) is 11.6. The number of hydrogen-bond donors (Lipinski definition) is 1. The van der Waals surface area contributed by atoms with Crippen molar-refractivity contribution in [2.45, 2.75) is 39.3 Å². The molecule has 1 aliphatic heterocycles. The summed E-state index contributed by atoms with van der Waals surface area (Å²) < 4.78 is 5.19. The highest BCUT2D eigenvalue weighted by molar-refractivity contribution is 5.54. The molecule has 2 rings (SSSR count). The summed E-state index contributed by atoms with van der Waals surface area (Å²) in [5.41, 5.74) is 7.96. The van der Waals surface area contributed by atoms with E-state index in [9.17, 15) is 0 Å². The van der Waals surface area contributed by atoms with E-state index in [1.165, 1.54) is 24.9 Å². The molecule has 1 aromatic carbocycles. The number of piperidine rings is 1. The fraction of sp³-hybridized carbons (Fsp3) is 0.600. The van der Waals surface area contributed by atoms with E-state index in [1.54, 1.807) is 7.11 Å². The number of benzene rings is 1. The number of nitrogen functional groups attached to an aromatic ring is 1. The number of hydrogen-bond acceptors (Lipinski definition) is 3. The summed E-state index contributed by atoms with van der Waals surface area (Å²) in [5.74, 6) is 1.55. The van der Waals surface area contributed by atoms with Gasteiger partial charge in [0.25, 0.3) is 0 Å². The van der Waals surface area contributed by atoms with Crippen LogP contribution in [0.15, 0.2) is 18.2 Å². The lowest BCUT2D eigenvalue weighted by molar-refractivity contribution is 0.106. The number of nitrogens with two attached hydrogens (primary N) is 1. The number of nitrogens with zero attached hydrogens (tertiary/aromatic N) is 1. The summed E-state index contributed by atoms with van der Waals surface area (Å²) in [4.78, 5) is 2.55. The van der Waals surface area contributed by atoms with Crippen molar-refractivity contribution in [2.24, 2.45) is 5.92 Å². The second-order valence-corrected chi connectivity index (χ2v) is 5.41. The smallest absolute Gasteiger partial charge is 0.141 e. The molecule has 1 fully saturated rings. The normalized spacial score (nSPS) is 25.1. The van der Waals surface area contributed by atoms with Crippen molar-refractivity contribution in [2.75, 3.05) is 19.4 Å². The molecule has 0 aromatic heterocycles. The molecule has 3 nitrogen and oxygen atoms in total. The van der Waals surface area contributed by atoms with Gasteiger partial charge in [-0.3, -0.25) is 4.90 Å². The van der Waals surface area contributed by atoms with Gasteiger partial charge in [0.1, 0.15) is 5.75 Å². The van der Waals surface area contributed by atoms with E-state index < -0.39 is 0 Å². The lowest BCUT2D eigenvalue weighted by Gasteiger charge is -2.38. The molecule has 1 saturated heterocycles. The van der Waals surface area contributed by atoms with Gasteiger partial charge in [-0.15, -0.1) is 0 Å². The third-order valence-electron chi connectivity index (χ3n) is 4.18. The highest BCUT2D eigenvalue weighted by Gasteiger charge is 2.24. The van der Waals surface area contributed by atoms with Crippen molar-refractivity contribution in [3.8, 4) is 5.75 Å². The molecule has 2 unspecified atom stereocenters. The summed E-state index contributed by atoms with van der Waals surface area (Å²) >= 11 is 0. The van der Waals surface area contributed by atoms with Crippen molar-refractivity contribution in [1.82, 2.24) is 4.90 Å². The standard InChI is InChI=1S/C15H24N2O/c1-11-5-4-8-17(12(11)2)10-13-6-7-15(18-3)14(16)9-13/h6-7,9,11-12H,4-5,8,10,16H2,1-3H3. The molecule has 1 aromatic rings. The first kappa shape index (κ1) is 13.2. The topological polar surface area (TPSA) is 38.5 Å². The van der Waals surface area contributed by atoms with Gasteiger partial charge >= 0.3 is 0 Å². The van der Waals surface area contributed by atoms with E-state index in [0.717, 1.165) is 23.9 Å². The molecule has 0 bridgehead atoms. The van der Waals surface area contributed by atoms with E-state index in [2.05, 4.69) is 24.8 Å². The monoisotopic (exact) mass is 248 g/mol. The van der Waals surface area contributed by atoms with Crippen LogP contribution >= 0.6 is 0 Å². The molecular formula is C15H24N2O. The third-order valence-corrected chi connectivity index (χ3v) is 4.18. The van der Waals surface area contributed by atoms with Gasteiger partial charge in [0.15, 0.2) is 0 Å². The number of rotatable bonds is 3. The largest absolute Gasteiger partial charge is 0.495 e. The fourth-order valence-electron chi connectivity index (χ4n) is 2.76. The first-order valence-corrected chi connectivity index (χ1v) is 6.78. The zero-order chi connectivity index (χ0) is 13.1. The SMILES string of the molecule is COc1ccc(CN2CCCC(C)C2C)cc1N. The van der Waals surface area contributed by atoms with Crippen molar-refractivity contribution < 1.29 is 4.74 Å². The molecule has 0 amide bonds. The Hall–Kier alpha value is -1.22. The number of likely N-dealkylation sites (tertiary alicyclic amines) is 1. The van der Waals surface area contributed by atoms with E-state index in [4.69, 9.17) is 10.5 Å². The van der Waals surface area contributed by atoms with Crippen molar-refractivity contribution in [1.29, 1.82) is 0 Å². The van der Waals surface area contributed by atoms with E-state index in [1.807, 2.05) is 12.1 Å². The van der Waals surface area contributed by atoms with Gasteiger partial charge < -0.3 is 10.5 Å². The molecule has 18 heavy (non-hydrogen) atoms. The lowest BCUT2D eigenvalue weighted by atomic mass is 9.91. The van der Waals surface area contributed by atoms with Crippen LogP contribution in [0.1, 0.15) is 32.3 Å². The lowest BCUT2D eigenvalue weighted by Crippen LogP contribution is -2.41. The third kappa shape index (κ3) is 2.78. The summed E-state index contributed by atoms with van der Waals surface area (Å²) in [7, 11) is 1.65. The molecule has 0 radical (unpaired) electrons. The Morgan fingerprint density at radius 2 is 2.17 bits per heavy atom.